The van der Waals surface area contributed by atoms with Gasteiger partial charge in [0.05, 0.1) is 10.2 Å². The fraction of sp³-hybridized carbons (Fsp3) is 0.333. The molecule has 0 radical (unpaired) electrons. The second-order valence-electron chi connectivity index (χ2n) is 5.66. The van der Waals surface area contributed by atoms with Crippen LogP contribution in [-0.2, 0) is 5.41 Å². The molecule has 0 bridgehead atoms. The zero-order valence-corrected chi connectivity index (χ0v) is 13.2. The third-order valence-electron chi connectivity index (χ3n) is 3.05. The van der Waals surface area contributed by atoms with Crippen molar-refractivity contribution in [3.8, 4) is 11.4 Å². The van der Waals surface area contributed by atoms with Crippen LogP contribution in [0.5, 0.6) is 0 Å². The molecule has 0 aliphatic carbocycles. The van der Waals surface area contributed by atoms with Crippen molar-refractivity contribution in [2.45, 2.75) is 33.1 Å². The normalized spacial score (nSPS) is 11.6. The van der Waals surface area contributed by atoms with Crippen LogP contribution in [-0.4, -0.2) is 9.97 Å². The van der Waals surface area contributed by atoms with E-state index in [1.807, 2.05) is 19.1 Å². The highest BCUT2D eigenvalue weighted by atomic mass is 79.9. The Bertz CT molecular complexity index is 575. The minimum atomic E-state index is 0.147. The summed E-state index contributed by atoms with van der Waals surface area (Å²) in [5.41, 5.74) is 9.13. The number of nitrogens with zero attached hydrogens (tertiary/aromatic N) is 2. The summed E-state index contributed by atoms with van der Waals surface area (Å²) in [5, 5.41) is 0. The quantitative estimate of drug-likeness (QED) is 0.861. The number of aromatic nitrogens is 2. The fourth-order valence-corrected chi connectivity index (χ4v) is 2.01. The van der Waals surface area contributed by atoms with Crippen molar-refractivity contribution in [2.24, 2.45) is 0 Å². The Hall–Kier alpha value is -1.42. The molecule has 2 aromatic rings. The Labute approximate surface area is 122 Å². The highest BCUT2D eigenvalue weighted by Crippen LogP contribution is 2.27. The number of rotatable bonds is 1. The molecule has 0 saturated heterocycles. The van der Waals surface area contributed by atoms with Crippen LogP contribution in [0, 0.1) is 6.92 Å². The lowest BCUT2D eigenvalue weighted by Gasteiger charge is -2.19. The summed E-state index contributed by atoms with van der Waals surface area (Å²) in [6.07, 6.45) is 0. The van der Waals surface area contributed by atoms with Crippen molar-refractivity contribution < 1.29 is 0 Å². The topological polar surface area (TPSA) is 51.8 Å². The lowest BCUT2D eigenvalue weighted by molar-refractivity contribution is 0.590. The van der Waals surface area contributed by atoms with Crippen LogP contribution in [0.25, 0.3) is 11.4 Å². The van der Waals surface area contributed by atoms with Crippen LogP contribution in [0.4, 0.5) is 5.82 Å². The van der Waals surface area contributed by atoms with Crippen LogP contribution in [0.3, 0.4) is 0 Å². The maximum atomic E-state index is 5.86. The van der Waals surface area contributed by atoms with Gasteiger partial charge >= 0.3 is 0 Å². The molecule has 1 aromatic heterocycles. The molecule has 0 atom stereocenters. The molecule has 0 amide bonds. The molecular weight excluding hydrogens is 302 g/mol. The molecule has 3 nitrogen and oxygen atoms in total. The smallest absolute Gasteiger partial charge is 0.161 e. The maximum absolute atomic E-state index is 5.86. The van der Waals surface area contributed by atoms with Gasteiger partial charge < -0.3 is 5.73 Å². The zero-order valence-electron chi connectivity index (χ0n) is 11.7. The fourth-order valence-electron chi connectivity index (χ4n) is 1.83. The Balaban J connectivity index is 2.43. The third-order valence-corrected chi connectivity index (χ3v) is 4.03. The van der Waals surface area contributed by atoms with E-state index in [0.717, 1.165) is 15.7 Å². The van der Waals surface area contributed by atoms with E-state index in [1.54, 1.807) is 0 Å². The van der Waals surface area contributed by atoms with Gasteiger partial charge in [-0.25, -0.2) is 9.97 Å². The highest BCUT2D eigenvalue weighted by Gasteiger charge is 2.14. The molecule has 1 heterocycles. The molecule has 0 fully saturated rings. The molecule has 2 N–H and O–H groups in total. The van der Waals surface area contributed by atoms with Gasteiger partial charge in [0.25, 0.3) is 0 Å². The summed E-state index contributed by atoms with van der Waals surface area (Å²) in [6.45, 7) is 8.50. The molecular formula is C15H18BrN3. The molecule has 19 heavy (non-hydrogen) atoms. The van der Waals surface area contributed by atoms with Crippen LogP contribution in [0.2, 0.25) is 0 Å². The predicted molar refractivity (Wildman–Crippen MR) is 83.0 cm³/mol. The lowest BCUT2D eigenvalue weighted by Crippen LogP contribution is -2.10. The number of hydrogen-bond donors (Lipinski definition) is 1. The van der Waals surface area contributed by atoms with Crippen molar-refractivity contribution in [1.29, 1.82) is 0 Å². The van der Waals surface area contributed by atoms with Crippen LogP contribution >= 0.6 is 15.9 Å². The molecule has 0 aliphatic rings. The molecule has 2 rings (SSSR count). The van der Waals surface area contributed by atoms with Crippen LogP contribution in [0.1, 0.15) is 32.0 Å². The monoisotopic (exact) mass is 319 g/mol. The van der Waals surface area contributed by atoms with Gasteiger partial charge in [0.15, 0.2) is 5.82 Å². The van der Waals surface area contributed by atoms with Crippen molar-refractivity contribution in [2.75, 3.05) is 5.73 Å². The number of aryl methyl sites for hydroxylation is 1. The number of hydrogen-bond acceptors (Lipinski definition) is 3. The average molecular weight is 320 g/mol. The van der Waals surface area contributed by atoms with E-state index in [0.29, 0.717) is 11.6 Å². The van der Waals surface area contributed by atoms with Crippen molar-refractivity contribution in [1.82, 2.24) is 9.97 Å². The van der Waals surface area contributed by atoms with Gasteiger partial charge in [-0.15, -0.1) is 0 Å². The lowest BCUT2D eigenvalue weighted by atomic mass is 9.87. The summed E-state index contributed by atoms with van der Waals surface area (Å²) < 4.78 is 0.766. The summed E-state index contributed by atoms with van der Waals surface area (Å²) in [5.74, 6) is 1.14. The summed E-state index contributed by atoms with van der Waals surface area (Å²) in [4.78, 5) is 8.77. The largest absolute Gasteiger partial charge is 0.383 e. The van der Waals surface area contributed by atoms with E-state index in [-0.39, 0.29) is 5.41 Å². The van der Waals surface area contributed by atoms with Crippen molar-refractivity contribution >= 4 is 21.7 Å². The average Bonchev–Trinajstić information content (AvgIpc) is 2.34. The third kappa shape index (κ3) is 2.95. The molecule has 0 saturated carbocycles. The minimum Gasteiger partial charge on any atom is -0.383 e. The van der Waals surface area contributed by atoms with Gasteiger partial charge in [-0.1, -0.05) is 45.0 Å². The van der Waals surface area contributed by atoms with E-state index < -0.39 is 0 Å². The first-order valence-corrected chi connectivity index (χ1v) is 6.99. The van der Waals surface area contributed by atoms with Crippen molar-refractivity contribution in [3.05, 3.63) is 40.0 Å². The minimum absolute atomic E-state index is 0.147. The van der Waals surface area contributed by atoms with E-state index in [1.165, 1.54) is 5.56 Å². The zero-order chi connectivity index (χ0) is 14.2. The second-order valence-corrected chi connectivity index (χ2v) is 6.45. The molecule has 0 unspecified atom stereocenters. The van der Waals surface area contributed by atoms with Gasteiger partial charge in [0.1, 0.15) is 5.82 Å². The molecule has 4 heteroatoms. The first-order chi connectivity index (χ1) is 8.79. The van der Waals surface area contributed by atoms with Gasteiger partial charge in [0.2, 0.25) is 0 Å². The van der Waals surface area contributed by atoms with Crippen molar-refractivity contribution in [3.63, 3.8) is 0 Å². The standard InChI is InChI=1S/C15H18BrN3/c1-9-12(16)13(17)19-14(18-9)10-5-7-11(8-6-10)15(2,3)4/h5-8H,1-4H3,(H2,17,18,19). The second kappa shape index (κ2) is 4.93. The van der Waals surface area contributed by atoms with Crippen LogP contribution < -0.4 is 5.73 Å². The number of anilines is 1. The van der Waals surface area contributed by atoms with Gasteiger partial charge in [0, 0.05) is 5.56 Å². The Morgan fingerprint density at radius 2 is 1.63 bits per heavy atom. The summed E-state index contributed by atoms with van der Waals surface area (Å²) >= 11 is 3.37. The van der Waals surface area contributed by atoms with E-state index in [4.69, 9.17) is 5.73 Å². The van der Waals surface area contributed by atoms with Gasteiger partial charge in [-0.3, -0.25) is 0 Å². The summed E-state index contributed by atoms with van der Waals surface area (Å²) in [6, 6.07) is 8.32. The Kier molecular flexibility index (Phi) is 3.63. The molecule has 100 valence electrons. The van der Waals surface area contributed by atoms with E-state index in [9.17, 15) is 0 Å². The SMILES string of the molecule is Cc1nc(-c2ccc(C(C)(C)C)cc2)nc(N)c1Br. The van der Waals surface area contributed by atoms with Crippen LogP contribution in [0.15, 0.2) is 28.7 Å². The highest BCUT2D eigenvalue weighted by molar-refractivity contribution is 9.10. The number of nitrogen functional groups attached to an aromatic ring is 1. The van der Waals surface area contributed by atoms with Gasteiger partial charge in [-0.2, -0.15) is 0 Å². The first-order valence-electron chi connectivity index (χ1n) is 6.19. The molecule has 1 aromatic carbocycles. The maximum Gasteiger partial charge on any atom is 0.161 e. The van der Waals surface area contributed by atoms with E-state index >= 15 is 0 Å². The Morgan fingerprint density at radius 1 is 1.05 bits per heavy atom. The number of benzene rings is 1. The number of halogens is 1. The predicted octanol–water partition coefficient (Wildman–Crippen LogP) is 4.09. The first kappa shape index (κ1) is 14.0. The molecule has 0 spiro atoms. The molecule has 0 aliphatic heterocycles. The van der Waals surface area contributed by atoms with Gasteiger partial charge in [-0.05, 0) is 33.8 Å². The van der Waals surface area contributed by atoms with E-state index in [2.05, 4.69) is 58.8 Å². The Morgan fingerprint density at radius 3 is 2.11 bits per heavy atom. The summed E-state index contributed by atoms with van der Waals surface area (Å²) in [7, 11) is 0. The number of nitrogens with two attached hydrogens (primary N) is 1.